The van der Waals surface area contributed by atoms with Crippen molar-refractivity contribution in [3.8, 4) is 11.1 Å². The first-order valence-corrected chi connectivity index (χ1v) is 8.93. The van der Waals surface area contributed by atoms with Crippen molar-refractivity contribution < 1.29 is 18.7 Å². The van der Waals surface area contributed by atoms with E-state index >= 15 is 0 Å². The number of thiophene rings is 1. The van der Waals surface area contributed by atoms with Crippen molar-refractivity contribution in [2.75, 3.05) is 11.9 Å². The van der Waals surface area contributed by atoms with Crippen LogP contribution in [0.5, 0.6) is 0 Å². The molecule has 0 radical (unpaired) electrons. The summed E-state index contributed by atoms with van der Waals surface area (Å²) >= 11 is 1.29. The van der Waals surface area contributed by atoms with Crippen LogP contribution < -0.4 is 5.32 Å². The Hall–Kier alpha value is -3.12. The Kier molecular flexibility index (Phi) is 5.66. The van der Waals surface area contributed by atoms with Gasteiger partial charge in [-0.05, 0) is 30.7 Å². The fourth-order valence-corrected chi connectivity index (χ4v) is 3.34. The van der Waals surface area contributed by atoms with Gasteiger partial charge in [0, 0.05) is 17.0 Å². The Balaban J connectivity index is 1.88. The number of amides is 1. The third kappa shape index (κ3) is 4.10. The standard InChI is InChI=1S/C20H17NO4S/c1-2-24-20(23)18-16(14-7-4-3-5-8-14)13-26-19(18)21-17(22)11-10-15-9-6-12-25-15/h3-13H,2H2,1H3,(H,21,22)/b11-10+. The molecule has 0 atom stereocenters. The SMILES string of the molecule is CCOC(=O)c1c(-c2ccccc2)csc1NC(=O)/C=C/c1ccco1. The number of rotatable bonds is 6. The fourth-order valence-electron chi connectivity index (χ4n) is 2.38. The maximum absolute atomic E-state index is 12.4. The van der Waals surface area contributed by atoms with Crippen LogP contribution in [0.4, 0.5) is 5.00 Å². The summed E-state index contributed by atoms with van der Waals surface area (Å²) in [5.74, 6) is -0.242. The van der Waals surface area contributed by atoms with Gasteiger partial charge in [-0.2, -0.15) is 0 Å². The van der Waals surface area contributed by atoms with E-state index < -0.39 is 5.97 Å². The minimum absolute atomic E-state index is 0.259. The first kappa shape index (κ1) is 17.7. The van der Waals surface area contributed by atoms with Crippen molar-refractivity contribution in [2.45, 2.75) is 6.92 Å². The molecule has 1 aromatic carbocycles. The second-order valence-corrected chi connectivity index (χ2v) is 6.16. The molecule has 0 aliphatic heterocycles. The maximum Gasteiger partial charge on any atom is 0.341 e. The highest BCUT2D eigenvalue weighted by Gasteiger charge is 2.22. The zero-order valence-electron chi connectivity index (χ0n) is 14.1. The number of carbonyl (C=O) groups excluding carboxylic acids is 2. The second-order valence-electron chi connectivity index (χ2n) is 5.28. The summed E-state index contributed by atoms with van der Waals surface area (Å²) in [6.07, 6.45) is 4.45. The Morgan fingerprint density at radius 3 is 2.69 bits per heavy atom. The van der Waals surface area contributed by atoms with Gasteiger partial charge >= 0.3 is 5.97 Å². The van der Waals surface area contributed by atoms with Crippen LogP contribution in [0.15, 0.2) is 64.6 Å². The highest BCUT2D eigenvalue weighted by Crippen LogP contribution is 2.36. The summed E-state index contributed by atoms with van der Waals surface area (Å²) in [7, 11) is 0. The number of hydrogen-bond acceptors (Lipinski definition) is 5. The average Bonchev–Trinajstić information content (AvgIpc) is 3.31. The van der Waals surface area contributed by atoms with Gasteiger partial charge in [-0.25, -0.2) is 4.79 Å². The van der Waals surface area contributed by atoms with E-state index in [9.17, 15) is 9.59 Å². The van der Waals surface area contributed by atoms with Crippen molar-refractivity contribution in [3.05, 3.63) is 71.5 Å². The third-order valence-electron chi connectivity index (χ3n) is 3.53. The molecule has 0 bridgehead atoms. The molecule has 2 aromatic heterocycles. The van der Waals surface area contributed by atoms with Crippen LogP contribution in [0.3, 0.4) is 0 Å². The van der Waals surface area contributed by atoms with Crippen molar-refractivity contribution in [1.29, 1.82) is 0 Å². The molecule has 0 spiro atoms. The van der Waals surface area contributed by atoms with Gasteiger partial charge in [0.1, 0.15) is 16.3 Å². The number of nitrogens with one attached hydrogen (secondary N) is 1. The summed E-state index contributed by atoms with van der Waals surface area (Å²) in [4.78, 5) is 24.6. The lowest BCUT2D eigenvalue weighted by atomic mass is 10.0. The van der Waals surface area contributed by atoms with Gasteiger partial charge in [-0.15, -0.1) is 11.3 Å². The van der Waals surface area contributed by atoms with E-state index in [0.717, 1.165) is 11.1 Å². The molecule has 0 unspecified atom stereocenters. The predicted molar refractivity (Wildman–Crippen MR) is 102 cm³/mol. The smallest absolute Gasteiger partial charge is 0.341 e. The highest BCUT2D eigenvalue weighted by atomic mass is 32.1. The number of hydrogen-bond donors (Lipinski definition) is 1. The highest BCUT2D eigenvalue weighted by molar-refractivity contribution is 7.15. The zero-order valence-corrected chi connectivity index (χ0v) is 14.9. The lowest BCUT2D eigenvalue weighted by Gasteiger charge is -2.07. The molecule has 3 aromatic rings. The first-order valence-electron chi connectivity index (χ1n) is 8.05. The molecule has 132 valence electrons. The minimum Gasteiger partial charge on any atom is -0.465 e. The van der Waals surface area contributed by atoms with Gasteiger partial charge in [0.15, 0.2) is 0 Å². The van der Waals surface area contributed by atoms with Crippen LogP contribution in [-0.2, 0) is 9.53 Å². The largest absolute Gasteiger partial charge is 0.465 e. The quantitative estimate of drug-likeness (QED) is 0.500. The third-order valence-corrected chi connectivity index (χ3v) is 4.43. The van der Waals surface area contributed by atoms with Crippen molar-refractivity contribution in [2.24, 2.45) is 0 Å². The molecule has 5 nitrogen and oxygen atoms in total. The van der Waals surface area contributed by atoms with Gasteiger partial charge < -0.3 is 14.5 Å². The average molecular weight is 367 g/mol. The van der Waals surface area contributed by atoms with E-state index in [4.69, 9.17) is 9.15 Å². The van der Waals surface area contributed by atoms with E-state index in [-0.39, 0.29) is 12.5 Å². The van der Waals surface area contributed by atoms with Crippen LogP contribution in [0, 0.1) is 0 Å². The summed E-state index contributed by atoms with van der Waals surface area (Å²) in [5, 5.41) is 5.05. The van der Waals surface area contributed by atoms with Crippen molar-refractivity contribution >= 4 is 34.3 Å². The molecular formula is C20H17NO4S. The molecule has 0 aliphatic carbocycles. The lowest BCUT2D eigenvalue weighted by Crippen LogP contribution is -2.12. The molecule has 0 aliphatic rings. The van der Waals surface area contributed by atoms with Crippen molar-refractivity contribution in [1.82, 2.24) is 0 Å². The number of esters is 1. The van der Waals surface area contributed by atoms with Crippen LogP contribution in [0.2, 0.25) is 0 Å². The van der Waals surface area contributed by atoms with Gasteiger partial charge in [0.05, 0.1) is 12.9 Å². The van der Waals surface area contributed by atoms with Crippen LogP contribution in [0.25, 0.3) is 17.2 Å². The minimum atomic E-state index is -0.460. The molecule has 3 rings (SSSR count). The summed E-state index contributed by atoms with van der Waals surface area (Å²) in [6, 6.07) is 13.0. The fraction of sp³-hybridized carbons (Fsp3) is 0.100. The monoisotopic (exact) mass is 367 g/mol. The van der Waals surface area contributed by atoms with E-state index in [2.05, 4.69) is 5.32 Å². The van der Waals surface area contributed by atoms with E-state index in [1.807, 2.05) is 35.7 Å². The molecule has 0 fully saturated rings. The number of carbonyl (C=O) groups is 2. The summed E-state index contributed by atoms with van der Waals surface area (Å²) in [6.45, 7) is 2.01. The zero-order chi connectivity index (χ0) is 18.4. The Labute approximate surface area is 154 Å². The summed E-state index contributed by atoms with van der Waals surface area (Å²) < 4.78 is 10.3. The molecule has 2 heterocycles. The van der Waals surface area contributed by atoms with E-state index in [0.29, 0.717) is 16.3 Å². The lowest BCUT2D eigenvalue weighted by molar-refractivity contribution is -0.111. The Morgan fingerprint density at radius 2 is 2.00 bits per heavy atom. The predicted octanol–water partition coefficient (Wildman–Crippen LogP) is 4.84. The van der Waals surface area contributed by atoms with E-state index in [1.54, 1.807) is 25.1 Å². The molecule has 1 amide bonds. The molecule has 26 heavy (non-hydrogen) atoms. The summed E-state index contributed by atoms with van der Waals surface area (Å²) in [5.41, 5.74) is 1.99. The van der Waals surface area contributed by atoms with Gasteiger partial charge in [0.25, 0.3) is 0 Å². The molecular weight excluding hydrogens is 350 g/mol. The number of furan rings is 1. The Morgan fingerprint density at radius 1 is 1.19 bits per heavy atom. The topological polar surface area (TPSA) is 68.5 Å². The molecule has 0 saturated heterocycles. The van der Waals surface area contributed by atoms with Crippen molar-refractivity contribution in [3.63, 3.8) is 0 Å². The van der Waals surface area contributed by atoms with Crippen LogP contribution in [-0.4, -0.2) is 18.5 Å². The van der Waals surface area contributed by atoms with Gasteiger partial charge in [-0.1, -0.05) is 30.3 Å². The number of benzene rings is 1. The maximum atomic E-state index is 12.4. The number of anilines is 1. The normalized spacial score (nSPS) is 10.8. The second kappa shape index (κ2) is 8.31. The molecule has 1 N–H and O–H groups in total. The van der Waals surface area contributed by atoms with Gasteiger partial charge in [-0.3, -0.25) is 4.79 Å². The van der Waals surface area contributed by atoms with Crippen LogP contribution >= 0.6 is 11.3 Å². The molecule has 0 saturated carbocycles. The first-order chi connectivity index (χ1) is 12.7. The Bertz CT molecular complexity index is 911. The van der Waals surface area contributed by atoms with Gasteiger partial charge in [0.2, 0.25) is 5.91 Å². The van der Waals surface area contributed by atoms with Crippen LogP contribution in [0.1, 0.15) is 23.0 Å². The van der Waals surface area contributed by atoms with E-state index in [1.165, 1.54) is 23.7 Å². The number of ether oxygens (including phenoxy) is 1. The molecule has 6 heteroatoms.